The van der Waals surface area contributed by atoms with Crippen LogP contribution >= 0.6 is 0 Å². The summed E-state index contributed by atoms with van der Waals surface area (Å²) in [6.45, 7) is 7.02. The fourth-order valence-electron chi connectivity index (χ4n) is 4.19. The van der Waals surface area contributed by atoms with Gasteiger partial charge in [-0.3, -0.25) is 4.79 Å². The van der Waals surface area contributed by atoms with Gasteiger partial charge in [-0.2, -0.15) is 0 Å². The number of ether oxygens (including phenoxy) is 1. The fraction of sp³-hybridized carbons (Fsp3) is 0.483. The summed E-state index contributed by atoms with van der Waals surface area (Å²) >= 11 is 0. The maximum Gasteiger partial charge on any atom is 0.408 e. The van der Waals surface area contributed by atoms with E-state index in [2.05, 4.69) is 16.0 Å². The lowest BCUT2D eigenvalue weighted by atomic mass is 9.92. The maximum atomic E-state index is 13.2. The Morgan fingerprint density at radius 3 is 1.81 bits per heavy atom. The lowest BCUT2D eigenvalue weighted by Crippen LogP contribution is -2.50. The van der Waals surface area contributed by atoms with Gasteiger partial charge in [0, 0.05) is 19.0 Å². The van der Waals surface area contributed by atoms with Gasteiger partial charge in [0.1, 0.15) is 12.1 Å². The van der Waals surface area contributed by atoms with Crippen molar-refractivity contribution in [3.63, 3.8) is 0 Å². The first-order valence-corrected chi connectivity index (χ1v) is 13.2. The number of rotatable bonds is 15. The first kappa shape index (κ1) is 29.7. The van der Waals surface area contributed by atoms with E-state index in [0.29, 0.717) is 13.1 Å². The molecule has 2 rings (SSSR count). The van der Waals surface area contributed by atoms with Crippen LogP contribution in [0.5, 0.6) is 0 Å². The highest BCUT2D eigenvalue weighted by Gasteiger charge is 2.30. The molecule has 4 amide bonds. The van der Waals surface area contributed by atoms with E-state index < -0.39 is 24.3 Å². The van der Waals surface area contributed by atoms with Crippen LogP contribution in [0.25, 0.3) is 0 Å². The Labute approximate surface area is 220 Å². The number of primary amides is 1. The summed E-state index contributed by atoms with van der Waals surface area (Å²) in [6.07, 6.45) is 3.60. The van der Waals surface area contributed by atoms with Crippen LogP contribution in [-0.2, 0) is 9.53 Å². The molecule has 3 atom stereocenters. The molecule has 0 aliphatic carbocycles. The van der Waals surface area contributed by atoms with Crippen molar-refractivity contribution in [1.82, 2.24) is 16.0 Å². The molecule has 0 bridgehead atoms. The number of carbonyl (C=O) groups excluding carboxylic acids is 3. The van der Waals surface area contributed by atoms with Crippen LogP contribution in [0.2, 0.25) is 0 Å². The predicted molar refractivity (Wildman–Crippen MR) is 146 cm³/mol. The zero-order chi connectivity index (χ0) is 27.0. The van der Waals surface area contributed by atoms with Crippen LogP contribution in [-0.4, -0.2) is 37.2 Å². The third kappa shape index (κ3) is 10.9. The van der Waals surface area contributed by atoms with E-state index in [9.17, 15) is 14.4 Å². The van der Waals surface area contributed by atoms with Crippen molar-refractivity contribution in [2.75, 3.05) is 13.1 Å². The Morgan fingerprint density at radius 2 is 1.27 bits per heavy atom. The molecule has 37 heavy (non-hydrogen) atoms. The Balaban J connectivity index is 1.94. The third-order valence-corrected chi connectivity index (χ3v) is 6.30. The van der Waals surface area contributed by atoms with Crippen molar-refractivity contribution >= 4 is 18.0 Å². The molecule has 2 aromatic rings. The average Bonchev–Trinajstić information content (AvgIpc) is 2.89. The van der Waals surface area contributed by atoms with Crippen LogP contribution in [0, 0.1) is 5.92 Å². The molecule has 8 heteroatoms. The van der Waals surface area contributed by atoms with Crippen LogP contribution in [0.3, 0.4) is 0 Å². The van der Waals surface area contributed by atoms with E-state index in [-0.39, 0.29) is 17.7 Å². The number of nitrogens with one attached hydrogen (secondary N) is 3. The minimum Gasteiger partial charge on any atom is -0.441 e. The van der Waals surface area contributed by atoms with Crippen molar-refractivity contribution in [1.29, 1.82) is 0 Å². The average molecular weight is 511 g/mol. The van der Waals surface area contributed by atoms with Gasteiger partial charge in [-0.05, 0) is 29.9 Å². The van der Waals surface area contributed by atoms with Gasteiger partial charge in [-0.15, -0.1) is 0 Å². The standard InChI is InChI=1S/C29H42N4O4/c1-21(2)26(24-17-11-8-12-18-24)37-29(36)33-25(22(3)23-15-9-7-10-16-23)27(34)31-19-13-5-4-6-14-20-32-28(30)35/h7-12,15-18,21-22,25-26H,4-6,13-14,19-20H2,1-3H3,(H,31,34)(H,33,36)(H3,30,32,35). The van der Waals surface area contributed by atoms with Gasteiger partial charge in [-0.25, -0.2) is 9.59 Å². The zero-order valence-corrected chi connectivity index (χ0v) is 22.2. The number of alkyl carbamates (subject to hydrolysis) is 1. The van der Waals surface area contributed by atoms with E-state index >= 15 is 0 Å². The number of unbranched alkanes of at least 4 members (excludes halogenated alkanes) is 4. The molecular weight excluding hydrogens is 468 g/mol. The maximum absolute atomic E-state index is 13.2. The van der Waals surface area contributed by atoms with Crippen LogP contribution in [0.1, 0.15) is 76.0 Å². The van der Waals surface area contributed by atoms with Gasteiger partial charge in [0.05, 0.1) is 0 Å². The molecule has 0 saturated heterocycles. The van der Waals surface area contributed by atoms with Crippen molar-refractivity contribution < 1.29 is 19.1 Å². The number of amides is 4. The monoisotopic (exact) mass is 510 g/mol. The summed E-state index contributed by atoms with van der Waals surface area (Å²) in [5.41, 5.74) is 6.92. The number of carbonyl (C=O) groups is 3. The summed E-state index contributed by atoms with van der Waals surface area (Å²) in [5, 5.41) is 8.40. The summed E-state index contributed by atoms with van der Waals surface area (Å²) in [6, 6.07) is 18.0. The molecule has 0 spiro atoms. The highest BCUT2D eigenvalue weighted by molar-refractivity contribution is 5.86. The van der Waals surface area contributed by atoms with Crippen LogP contribution in [0.4, 0.5) is 9.59 Å². The Morgan fingerprint density at radius 1 is 0.757 bits per heavy atom. The van der Waals surface area contributed by atoms with Gasteiger partial charge in [0.2, 0.25) is 5.91 Å². The molecule has 0 aromatic heterocycles. The van der Waals surface area contributed by atoms with Gasteiger partial charge in [-0.1, -0.05) is 101 Å². The first-order chi connectivity index (χ1) is 17.8. The number of hydrogen-bond donors (Lipinski definition) is 4. The van der Waals surface area contributed by atoms with Crippen LogP contribution in [0.15, 0.2) is 60.7 Å². The molecule has 0 saturated carbocycles. The second-order valence-electron chi connectivity index (χ2n) is 9.65. The molecule has 0 aliphatic rings. The van der Waals surface area contributed by atoms with Gasteiger partial charge >= 0.3 is 12.1 Å². The molecule has 3 unspecified atom stereocenters. The molecule has 0 radical (unpaired) electrons. The van der Waals surface area contributed by atoms with Gasteiger partial charge < -0.3 is 26.4 Å². The van der Waals surface area contributed by atoms with E-state index in [1.54, 1.807) is 0 Å². The topological polar surface area (TPSA) is 123 Å². The van der Waals surface area contributed by atoms with Gasteiger partial charge in [0.25, 0.3) is 0 Å². The number of urea groups is 1. The summed E-state index contributed by atoms with van der Waals surface area (Å²) in [4.78, 5) is 36.8. The summed E-state index contributed by atoms with van der Waals surface area (Å²) in [5.74, 6) is -0.418. The third-order valence-electron chi connectivity index (χ3n) is 6.30. The van der Waals surface area contributed by atoms with Crippen molar-refractivity contribution in [2.45, 2.75) is 70.9 Å². The Kier molecular flexibility index (Phi) is 13.0. The van der Waals surface area contributed by atoms with Crippen molar-refractivity contribution in [3.8, 4) is 0 Å². The van der Waals surface area contributed by atoms with Crippen LogP contribution < -0.4 is 21.7 Å². The molecular formula is C29H42N4O4. The molecule has 0 aliphatic heterocycles. The molecule has 2 aromatic carbocycles. The lowest BCUT2D eigenvalue weighted by molar-refractivity contribution is -0.123. The normalized spacial score (nSPS) is 13.3. The zero-order valence-electron chi connectivity index (χ0n) is 22.2. The second kappa shape index (κ2) is 16.2. The van der Waals surface area contributed by atoms with E-state index in [4.69, 9.17) is 10.5 Å². The molecule has 0 heterocycles. The minimum absolute atomic E-state index is 0.0681. The summed E-state index contributed by atoms with van der Waals surface area (Å²) < 4.78 is 5.81. The Bertz CT molecular complexity index is 953. The fourth-order valence-corrected chi connectivity index (χ4v) is 4.19. The summed E-state index contributed by atoms with van der Waals surface area (Å²) in [7, 11) is 0. The molecule has 5 N–H and O–H groups in total. The minimum atomic E-state index is -0.779. The van der Waals surface area contributed by atoms with Crippen molar-refractivity contribution in [2.24, 2.45) is 11.7 Å². The SMILES string of the molecule is CC(C)C(OC(=O)NC(C(=O)NCCCCCCCNC(N)=O)C(C)c1ccccc1)c1ccccc1. The number of hydrogen-bond acceptors (Lipinski definition) is 4. The van der Waals surface area contributed by atoms with Crippen molar-refractivity contribution in [3.05, 3.63) is 71.8 Å². The number of nitrogens with two attached hydrogens (primary N) is 1. The lowest BCUT2D eigenvalue weighted by Gasteiger charge is -2.27. The largest absolute Gasteiger partial charge is 0.441 e. The molecule has 202 valence electrons. The molecule has 0 fully saturated rings. The predicted octanol–water partition coefficient (Wildman–Crippen LogP) is 5.02. The quantitative estimate of drug-likeness (QED) is 0.251. The highest BCUT2D eigenvalue weighted by atomic mass is 16.6. The molecule has 8 nitrogen and oxygen atoms in total. The van der Waals surface area contributed by atoms with E-state index in [1.165, 1.54) is 0 Å². The van der Waals surface area contributed by atoms with E-state index in [0.717, 1.165) is 43.2 Å². The van der Waals surface area contributed by atoms with E-state index in [1.807, 2.05) is 81.4 Å². The van der Waals surface area contributed by atoms with Gasteiger partial charge in [0.15, 0.2) is 0 Å². The number of benzene rings is 2. The smallest absolute Gasteiger partial charge is 0.408 e. The second-order valence-corrected chi connectivity index (χ2v) is 9.65. The first-order valence-electron chi connectivity index (χ1n) is 13.2. The highest BCUT2D eigenvalue weighted by Crippen LogP contribution is 2.26. The Hall–Kier alpha value is -3.55.